The fourth-order valence-electron chi connectivity index (χ4n) is 4.50. The number of aromatic amines is 1. The van der Waals surface area contributed by atoms with Gasteiger partial charge in [-0.1, -0.05) is 36.9 Å². The molecule has 8 nitrogen and oxygen atoms in total. The number of fused-ring (bicyclic) bond motifs is 1. The van der Waals surface area contributed by atoms with E-state index in [1.807, 2.05) is 15.6 Å². The van der Waals surface area contributed by atoms with Crippen molar-refractivity contribution in [2.24, 2.45) is 5.92 Å². The normalized spacial score (nSPS) is 20.9. The summed E-state index contributed by atoms with van der Waals surface area (Å²) >= 11 is 6.10. The molecule has 0 bridgehead atoms. The lowest BCUT2D eigenvalue weighted by Gasteiger charge is -2.32. The maximum absolute atomic E-state index is 14.5. The van der Waals surface area contributed by atoms with Gasteiger partial charge in [-0.15, -0.1) is 0 Å². The Morgan fingerprint density at radius 2 is 1.85 bits per heavy atom. The lowest BCUT2D eigenvalue weighted by Crippen LogP contribution is -2.63. The zero-order valence-corrected chi connectivity index (χ0v) is 18.2. The summed E-state index contributed by atoms with van der Waals surface area (Å²) in [7, 11) is 0. The third-order valence-corrected chi connectivity index (χ3v) is 6.66. The van der Waals surface area contributed by atoms with Gasteiger partial charge in [-0.2, -0.15) is 13.2 Å². The van der Waals surface area contributed by atoms with Gasteiger partial charge in [0.05, 0.1) is 5.69 Å². The van der Waals surface area contributed by atoms with E-state index in [4.69, 9.17) is 11.6 Å². The Kier molecular flexibility index (Phi) is 5.63. The molecule has 1 fully saturated rings. The third-order valence-electron chi connectivity index (χ3n) is 6.25. The number of amides is 2. The van der Waals surface area contributed by atoms with Crippen molar-refractivity contribution in [1.82, 2.24) is 14.9 Å². The number of H-pyrrole nitrogens is 1. The number of aromatic nitrogens is 2. The van der Waals surface area contributed by atoms with Gasteiger partial charge in [0.2, 0.25) is 11.4 Å². The summed E-state index contributed by atoms with van der Waals surface area (Å²) in [5.74, 6) is -4.01. The molecule has 1 aromatic heterocycles. The highest BCUT2D eigenvalue weighted by atomic mass is 35.5. The van der Waals surface area contributed by atoms with E-state index in [1.54, 1.807) is 0 Å². The fraction of sp³-hybridized carbons (Fsp3) is 0.429. The third kappa shape index (κ3) is 3.54. The molecule has 1 atom stereocenters. The number of nitrogens with zero attached hydrogens (tertiary/aromatic N) is 1. The first-order valence-corrected chi connectivity index (χ1v) is 10.7. The van der Waals surface area contributed by atoms with Gasteiger partial charge in [0.15, 0.2) is 0 Å². The van der Waals surface area contributed by atoms with E-state index in [9.17, 15) is 32.3 Å². The van der Waals surface area contributed by atoms with Crippen molar-refractivity contribution in [2.75, 3.05) is 5.32 Å². The lowest BCUT2D eigenvalue weighted by molar-refractivity contribution is -0.201. The molecule has 2 heterocycles. The van der Waals surface area contributed by atoms with Crippen LogP contribution in [0.1, 0.15) is 43.2 Å². The minimum Gasteiger partial charge on any atom is -0.330 e. The van der Waals surface area contributed by atoms with Gasteiger partial charge < -0.3 is 10.6 Å². The molecule has 2 aliphatic rings. The van der Waals surface area contributed by atoms with Crippen molar-refractivity contribution < 1.29 is 22.8 Å². The lowest BCUT2D eigenvalue weighted by atomic mass is 9.86. The molecule has 0 spiro atoms. The molecule has 1 aromatic carbocycles. The van der Waals surface area contributed by atoms with E-state index in [2.05, 4.69) is 0 Å². The number of hydrogen-bond donors (Lipinski definition) is 3. The average molecular weight is 485 g/mol. The second-order valence-electron chi connectivity index (χ2n) is 8.23. The maximum Gasteiger partial charge on any atom is 0.425 e. The van der Waals surface area contributed by atoms with Crippen molar-refractivity contribution >= 4 is 29.2 Å². The maximum atomic E-state index is 14.5. The van der Waals surface area contributed by atoms with Gasteiger partial charge in [0, 0.05) is 10.9 Å². The highest BCUT2D eigenvalue weighted by molar-refractivity contribution is 6.31. The first-order chi connectivity index (χ1) is 15.5. The minimum atomic E-state index is -5.37. The summed E-state index contributed by atoms with van der Waals surface area (Å²) in [6.07, 6.45) is -2.40. The average Bonchev–Trinajstić information content (AvgIpc) is 3.04. The molecule has 1 saturated carbocycles. The van der Waals surface area contributed by atoms with E-state index >= 15 is 0 Å². The minimum absolute atomic E-state index is 0.0666. The molecule has 0 radical (unpaired) electrons. The first kappa shape index (κ1) is 23.1. The van der Waals surface area contributed by atoms with Gasteiger partial charge in [-0.05, 0) is 37.5 Å². The molecule has 3 N–H and O–H groups in total. The van der Waals surface area contributed by atoms with Crippen molar-refractivity contribution in [2.45, 2.75) is 50.7 Å². The van der Waals surface area contributed by atoms with Crippen LogP contribution < -0.4 is 21.9 Å². The summed E-state index contributed by atoms with van der Waals surface area (Å²) < 4.78 is 44.2. The van der Waals surface area contributed by atoms with Crippen LogP contribution in [0.4, 0.5) is 19.0 Å². The van der Waals surface area contributed by atoms with Crippen molar-refractivity contribution in [3.63, 3.8) is 0 Å². The summed E-state index contributed by atoms with van der Waals surface area (Å²) in [5, 5.41) is 4.08. The molecular formula is C21H20ClF3N4O4. The zero-order chi connectivity index (χ0) is 24.1. The molecular weight excluding hydrogens is 465 g/mol. The van der Waals surface area contributed by atoms with Crippen LogP contribution >= 0.6 is 11.6 Å². The molecule has 1 aliphatic heterocycles. The monoisotopic (exact) mass is 484 g/mol. The predicted octanol–water partition coefficient (Wildman–Crippen LogP) is 2.89. The highest BCUT2D eigenvalue weighted by Gasteiger charge is 2.68. The van der Waals surface area contributed by atoms with Gasteiger partial charge >= 0.3 is 11.9 Å². The Labute approximate surface area is 190 Å². The second kappa shape index (κ2) is 8.05. The van der Waals surface area contributed by atoms with Crippen LogP contribution in [0.15, 0.2) is 27.8 Å². The van der Waals surface area contributed by atoms with Gasteiger partial charge in [-0.3, -0.25) is 19.4 Å². The van der Waals surface area contributed by atoms with Crippen LogP contribution in [0.3, 0.4) is 0 Å². The van der Waals surface area contributed by atoms with Crippen LogP contribution in [0.2, 0.25) is 5.02 Å². The Bertz CT molecular complexity index is 1260. The van der Waals surface area contributed by atoms with Crippen LogP contribution in [-0.4, -0.2) is 27.5 Å². The van der Waals surface area contributed by atoms with Crippen molar-refractivity contribution in [3.05, 3.63) is 55.2 Å². The number of alkyl halides is 3. The molecule has 33 heavy (non-hydrogen) atoms. The number of carbonyl (C=O) groups is 2. The SMILES string of the molecule is Cc1c(Cl)cccc1-n1c2c(c(=O)[nH]c1=O)[C@@](NC(=O)C1CCCCC1)(C(F)(F)F)C(=O)N2. The first-order valence-electron chi connectivity index (χ1n) is 10.3. The predicted molar refractivity (Wildman–Crippen MR) is 113 cm³/mol. The van der Waals surface area contributed by atoms with Crippen LogP contribution in [0, 0.1) is 12.8 Å². The molecule has 0 saturated heterocycles. The summed E-state index contributed by atoms with van der Waals surface area (Å²) in [4.78, 5) is 52.9. The fourth-order valence-corrected chi connectivity index (χ4v) is 4.67. The van der Waals surface area contributed by atoms with E-state index in [1.165, 1.54) is 25.1 Å². The smallest absolute Gasteiger partial charge is 0.330 e. The Balaban J connectivity index is 1.96. The topological polar surface area (TPSA) is 113 Å². The standard InChI is InChI=1S/C21H20ClF3N4O4/c1-10-12(22)8-5-9-13(10)29-15-14(17(31)27-19(29)33)20(18(32)26-15,21(23,24)25)28-16(30)11-6-3-2-4-7-11/h5,8-9,11H,2-4,6-7H2,1H3,(H,26,32)(H,28,30)(H,27,31,33)/t20-/m0/s1. The van der Waals surface area contributed by atoms with E-state index < -0.39 is 52.1 Å². The molecule has 2 amide bonds. The second-order valence-corrected chi connectivity index (χ2v) is 8.64. The van der Waals surface area contributed by atoms with Gasteiger partial charge in [0.1, 0.15) is 11.4 Å². The molecule has 0 unspecified atom stereocenters. The number of carbonyl (C=O) groups excluding carboxylic acids is 2. The number of rotatable bonds is 3. The molecule has 4 rings (SSSR count). The molecule has 1 aliphatic carbocycles. The van der Waals surface area contributed by atoms with Crippen LogP contribution in [0.5, 0.6) is 0 Å². The zero-order valence-electron chi connectivity index (χ0n) is 17.4. The van der Waals surface area contributed by atoms with Gasteiger partial charge in [0.25, 0.3) is 11.5 Å². The van der Waals surface area contributed by atoms with E-state index in [0.29, 0.717) is 31.2 Å². The number of benzene rings is 1. The van der Waals surface area contributed by atoms with Crippen LogP contribution in [0.25, 0.3) is 5.69 Å². The largest absolute Gasteiger partial charge is 0.425 e. The Hall–Kier alpha value is -3.08. The molecule has 176 valence electrons. The van der Waals surface area contributed by atoms with E-state index in [-0.39, 0.29) is 10.7 Å². The molecule has 12 heteroatoms. The van der Waals surface area contributed by atoms with Gasteiger partial charge in [-0.25, -0.2) is 9.36 Å². The van der Waals surface area contributed by atoms with Crippen molar-refractivity contribution in [1.29, 1.82) is 0 Å². The Morgan fingerprint density at radius 1 is 1.18 bits per heavy atom. The number of anilines is 1. The summed E-state index contributed by atoms with van der Waals surface area (Å²) in [6.45, 7) is 1.53. The summed E-state index contributed by atoms with van der Waals surface area (Å²) in [6, 6.07) is 4.38. The quantitative estimate of drug-likeness (QED) is 0.621. The highest BCUT2D eigenvalue weighted by Crippen LogP contribution is 2.46. The van der Waals surface area contributed by atoms with Crippen LogP contribution in [-0.2, 0) is 15.1 Å². The molecule has 2 aromatic rings. The number of halogens is 4. The Morgan fingerprint density at radius 3 is 2.48 bits per heavy atom. The number of nitrogens with one attached hydrogen (secondary N) is 3. The van der Waals surface area contributed by atoms with E-state index in [0.717, 1.165) is 11.0 Å². The number of hydrogen-bond acceptors (Lipinski definition) is 4. The van der Waals surface area contributed by atoms with Crippen molar-refractivity contribution in [3.8, 4) is 5.69 Å². The summed E-state index contributed by atoms with van der Waals surface area (Å²) in [5.41, 5.74) is -6.83.